The van der Waals surface area contributed by atoms with Gasteiger partial charge in [-0.1, -0.05) is 17.7 Å². The zero-order chi connectivity index (χ0) is 15.9. The highest BCUT2D eigenvalue weighted by Crippen LogP contribution is 2.32. The largest absolute Gasteiger partial charge is 0.312 e. The third-order valence-corrected chi connectivity index (χ3v) is 5.97. The monoisotopic (exact) mass is 322 g/mol. The second-order valence-corrected chi connectivity index (χ2v) is 8.29. The summed E-state index contributed by atoms with van der Waals surface area (Å²) in [5.41, 5.74) is 3.48. The van der Waals surface area contributed by atoms with E-state index >= 15 is 0 Å². The average Bonchev–Trinajstić information content (AvgIpc) is 2.88. The minimum atomic E-state index is -3.14. The fourth-order valence-corrected chi connectivity index (χ4v) is 4.29. The van der Waals surface area contributed by atoms with Crippen LogP contribution in [-0.2, 0) is 21.2 Å². The van der Waals surface area contributed by atoms with Crippen molar-refractivity contribution in [3.63, 3.8) is 0 Å². The van der Waals surface area contributed by atoms with Gasteiger partial charge in [0.1, 0.15) is 0 Å². The van der Waals surface area contributed by atoms with E-state index in [9.17, 15) is 13.2 Å². The Hall–Kier alpha value is -1.40. The van der Waals surface area contributed by atoms with Crippen molar-refractivity contribution in [1.82, 2.24) is 4.31 Å². The van der Waals surface area contributed by atoms with Crippen LogP contribution in [0.1, 0.15) is 24.0 Å². The third kappa shape index (κ3) is 2.90. The first-order valence-corrected chi connectivity index (χ1v) is 9.57. The quantitative estimate of drug-likeness (QED) is 0.830. The zero-order valence-corrected chi connectivity index (χ0v) is 13.9. The predicted molar refractivity (Wildman–Crippen MR) is 86.4 cm³/mol. The highest BCUT2D eigenvalue weighted by atomic mass is 32.2. The molecule has 0 saturated carbocycles. The highest BCUT2D eigenvalue weighted by Gasteiger charge is 2.34. The van der Waals surface area contributed by atoms with E-state index in [0.29, 0.717) is 25.9 Å². The average molecular weight is 322 g/mol. The second-order valence-electron chi connectivity index (χ2n) is 6.31. The van der Waals surface area contributed by atoms with Crippen molar-refractivity contribution in [1.29, 1.82) is 0 Å². The molecule has 0 radical (unpaired) electrons. The number of hydrogen-bond acceptors (Lipinski definition) is 3. The number of carbonyl (C=O) groups is 1. The Morgan fingerprint density at radius 2 is 1.86 bits per heavy atom. The fraction of sp³-hybridized carbons (Fsp3) is 0.562. The summed E-state index contributed by atoms with van der Waals surface area (Å²) in [6, 6.07) is 6.22. The van der Waals surface area contributed by atoms with Gasteiger partial charge in [-0.25, -0.2) is 12.7 Å². The first-order valence-electron chi connectivity index (χ1n) is 7.72. The predicted octanol–water partition coefficient (Wildman–Crippen LogP) is 1.56. The van der Waals surface area contributed by atoms with Crippen molar-refractivity contribution in [2.75, 3.05) is 30.8 Å². The number of benzene rings is 1. The SMILES string of the molecule is Cc1ccc2c(c1)CCN2C(=O)C1CCN(S(C)(=O)=O)CC1. The summed E-state index contributed by atoms with van der Waals surface area (Å²) >= 11 is 0. The lowest BCUT2D eigenvalue weighted by Crippen LogP contribution is -2.43. The first-order chi connectivity index (χ1) is 10.4. The van der Waals surface area contributed by atoms with E-state index in [2.05, 4.69) is 13.0 Å². The minimum Gasteiger partial charge on any atom is -0.312 e. The Kier molecular flexibility index (Phi) is 3.99. The van der Waals surface area contributed by atoms with Gasteiger partial charge < -0.3 is 4.90 Å². The molecule has 0 N–H and O–H groups in total. The Bertz CT molecular complexity index is 691. The molecule has 0 unspecified atom stereocenters. The van der Waals surface area contributed by atoms with Gasteiger partial charge in [-0.3, -0.25) is 4.79 Å². The Balaban J connectivity index is 1.70. The van der Waals surface area contributed by atoms with Gasteiger partial charge in [0.15, 0.2) is 0 Å². The van der Waals surface area contributed by atoms with Gasteiger partial charge in [0.25, 0.3) is 0 Å². The van der Waals surface area contributed by atoms with E-state index in [1.165, 1.54) is 21.7 Å². The highest BCUT2D eigenvalue weighted by molar-refractivity contribution is 7.88. The van der Waals surface area contributed by atoms with Gasteiger partial charge >= 0.3 is 0 Å². The molecular weight excluding hydrogens is 300 g/mol. The van der Waals surface area contributed by atoms with Crippen LogP contribution in [0.15, 0.2) is 18.2 Å². The number of piperidine rings is 1. The minimum absolute atomic E-state index is 0.0646. The smallest absolute Gasteiger partial charge is 0.230 e. The fourth-order valence-electron chi connectivity index (χ4n) is 3.41. The first kappa shape index (κ1) is 15.5. The van der Waals surface area contributed by atoms with Crippen LogP contribution in [0.2, 0.25) is 0 Å². The van der Waals surface area contributed by atoms with Crippen molar-refractivity contribution >= 4 is 21.6 Å². The summed E-state index contributed by atoms with van der Waals surface area (Å²) in [5.74, 6) is 0.0843. The van der Waals surface area contributed by atoms with Crippen LogP contribution in [0.4, 0.5) is 5.69 Å². The summed E-state index contributed by atoms with van der Waals surface area (Å²) in [4.78, 5) is 14.6. The van der Waals surface area contributed by atoms with E-state index in [4.69, 9.17) is 0 Å². The van der Waals surface area contributed by atoms with Crippen LogP contribution >= 0.6 is 0 Å². The molecule has 1 amide bonds. The Morgan fingerprint density at radius 1 is 1.18 bits per heavy atom. The lowest BCUT2D eigenvalue weighted by molar-refractivity contribution is -0.123. The van der Waals surface area contributed by atoms with Crippen molar-refractivity contribution in [2.45, 2.75) is 26.2 Å². The number of fused-ring (bicyclic) bond motifs is 1. The number of nitrogens with zero attached hydrogens (tertiary/aromatic N) is 2. The molecule has 5 nitrogen and oxygen atoms in total. The molecule has 0 bridgehead atoms. The molecule has 1 aromatic carbocycles. The van der Waals surface area contributed by atoms with E-state index in [1.807, 2.05) is 17.0 Å². The van der Waals surface area contributed by atoms with Crippen LogP contribution in [-0.4, -0.2) is 44.5 Å². The molecule has 6 heteroatoms. The van der Waals surface area contributed by atoms with Gasteiger partial charge in [0.2, 0.25) is 15.9 Å². The molecule has 120 valence electrons. The number of amides is 1. The van der Waals surface area contributed by atoms with Crippen molar-refractivity contribution < 1.29 is 13.2 Å². The van der Waals surface area contributed by atoms with Gasteiger partial charge in [-0.2, -0.15) is 0 Å². The van der Waals surface area contributed by atoms with Gasteiger partial charge in [0.05, 0.1) is 6.26 Å². The lowest BCUT2D eigenvalue weighted by Gasteiger charge is -2.31. The molecule has 1 aromatic rings. The molecule has 0 aromatic heterocycles. The molecule has 0 aliphatic carbocycles. The van der Waals surface area contributed by atoms with Crippen LogP contribution < -0.4 is 4.90 Å². The van der Waals surface area contributed by atoms with E-state index in [0.717, 1.165) is 18.7 Å². The van der Waals surface area contributed by atoms with Crippen molar-refractivity contribution in [3.05, 3.63) is 29.3 Å². The van der Waals surface area contributed by atoms with Crippen LogP contribution in [0, 0.1) is 12.8 Å². The summed E-state index contributed by atoms with van der Waals surface area (Å²) in [7, 11) is -3.14. The maximum Gasteiger partial charge on any atom is 0.230 e. The summed E-state index contributed by atoms with van der Waals surface area (Å²) < 4.78 is 24.6. The van der Waals surface area contributed by atoms with Crippen LogP contribution in [0.25, 0.3) is 0 Å². The molecular formula is C16H22N2O3S. The summed E-state index contributed by atoms with van der Waals surface area (Å²) in [6.45, 7) is 3.70. The number of hydrogen-bond donors (Lipinski definition) is 0. The molecule has 22 heavy (non-hydrogen) atoms. The standard InChI is InChI=1S/C16H22N2O3S/c1-12-3-4-15-14(11-12)7-10-18(15)16(19)13-5-8-17(9-6-13)22(2,20)21/h3-4,11,13H,5-10H2,1-2H3. The molecule has 2 aliphatic heterocycles. The number of sulfonamides is 1. The number of rotatable bonds is 2. The normalized spacial score (nSPS) is 20.2. The summed E-state index contributed by atoms with van der Waals surface area (Å²) in [6.07, 6.45) is 3.37. The van der Waals surface area contributed by atoms with Crippen LogP contribution in [0.3, 0.4) is 0 Å². The number of anilines is 1. The van der Waals surface area contributed by atoms with Gasteiger partial charge in [-0.15, -0.1) is 0 Å². The van der Waals surface area contributed by atoms with Crippen LogP contribution in [0.5, 0.6) is 0 Å². The number of aryl methyl sites for hydroxylation is 1. The Morgan fingerprint density at radius 3 is 2.50 bits per heavy atom. The van der Waals surface area contributed by atoms with Crippen molar-refractivity contribution in [3.8, 4) is 0 Å². The second kappa shape index (κ2) is 5.66. The van der Waals surface area contributed by atoms with E-state index in [-0.39, 0.29) is 11.8 Å². The summed E-state index contributed by atoms with van der Waals surface area (Å²) in [5, 5.41) is 0. The molecule has 2 aliphatic rings. The Labute approximate surface area is 132 Å². The van der Waals surface area contributed by atoms with Gasteiger partial charge in [0, 0.05) is 31.2 Å². The van der Waals surface area contributed by atoms with E-state index in [1.54, 1.807) is 0 Å². The molecule has 3 rings (SSSR count). The topological polar surface area (TPSA) is 57.7 Å². The zero-order valence-electron chi connectivity index (χ0n) is 13.1. The molecule has 2 heterocycles. The molecule has 0 spiro atoms. The van der Waals surface area contributed by atoms with Gasteiger partial charge in [-0.05, 0) is 37.8 Å². The maximum atomic E-state index is 12.8. The molecule has 1 fully saturated rings. The van der Waals surface area contributed by atoms with E-state index < -0.39 is 10.0 Å². The van der Waals surface area contributed by atoms with Crippen molar-refractivity contribution in [2.24, 2.45) is 5.92 Å². The number of carbonyl (C=O) groups excluding carboxylic acids is 1. The molecule has 1 saturated heterocycles. The maximum absolute atomic E-state index is 12.8. The molecule has 0 atom stereocenters. The third-order valence-electron chi connectivity index (χ3n) is 4.67. The lowest BCUT2D eigenvalue weighted by atomic mass is 9.96.